The first-order valence-electron chi connectivity index (χ1n) is 13.5. The number of non-ortho nitro benzene ring substituents is 1. The van der Waals surface area contributed by atoms with E-state index in [9.17, 15) is 14.9 Å². The first kappa shape index (κ1) is 26.8. The van der Waals surface area contributed by atoms with Crippen molar-refractivity contribution in [3.8, 4) is 0 Å². The average molecular weight is 548 g/mol. The highest BCUT2D eigenvalue weighted by atomic mass is 16.8. The molecule has 0 bridgehead atoms. The zero-order chi connectivity index (χ0) is 28.7. The van der Waals surface area contributed by atoms with Crippen LogP contribution in [0.1, 0.15) is 36.1 Å². The van der Waals surface area contributed by atoms with Gasteiger partial charge in [-0.15, -0.1) is 0 Å². The van der Waals surface area contributed by atoms with Crippen LogP contribution in [0.15, 0.2) is 121 Å². The number of ketones is 1. The van der Waals surface area contributed by atoms with Crippen LogP contribution in [0.3, 0.4) is 0 Å². The van der Waals surface area contributed by atoms with E-state index in [1.54, 1.807) is 32.1 Å². The van der Waals surface area contributed by atoms with Crippen molar-refractivity contribution in [2.24, 2.45) is 0 Å². The van der Waals surface area contributed by atoms with Gasteiger partial charge in [0, 0.05) is 17.7 Å². The normalized spacial score (nSPS) is 21.4. The van der Waals surface area contributed by atoms with Gasteiger partial charge >= 0.3 is 0 Å². The molecule has 0 amide bonds. The van der Waals surface area contributed by atoms with E-state index in [4.69, 9.17) is 14.2 Å². The highest BCUT2D eigenvalue weighted by molar-refractivity contribution is 6.28. The first-order valence-corrected chi connectivity index (χ1v) is 13.5. The number of Topliss-reactive ketones (excluding diaryl/α,β-unsaturated/α-hetero) is 1. The summed E-state index contributed by atoms with van der Waals surface area (Å²) in [5.74, 6) is -1.39. The summed E-state index contributed by atoms with van der Waals surface area (Å²) in [6, 6.07) is 35.7. The molecule has 41 heavy (non-hydrogen) atoms. The number of fused-ring (bicyclic) bond motifs is 1. The zero-order valence-corrected chi connectivity index (χ0v) is 22.7. The molecule has 1 heterocycles. The number of hydrogen-bond acceptors (Lipinski definition) is 6. The van der Waals surface area contributed by atoms with Gasteiger partial charge in [0.15, 0.2) is 11.4 Å². The van der Waals surface area contributed by atoms with E-state index < -0.39 is 28.0 Å². The predicted octanol–water partition coefficient (Wildman–Crippen LogP) is 6.46. The standard InChI is InChI=1S/C34H29NO6/c1-32(2)40-30-22-29(24-13-12-20-28(21-24)35(37)38)31(36)33(30,41-32)23-39-34(25-14-6-3-7-15-25,26-16-8-4-9-17-26)27-18-10-5-11-19-27/h3-22,30H,23H2,1-2H3/t30-,33-/m0/s1. The van der Waals surface area contributed by atoms with Crippen LogP contribution >= 0.6 is 0 Å². The van der Waals surface area contributed by atoms with Gasteiger partial charge in [-0.05, 0) is 42.2 Å². The minimum atomic E-state index is -1.49. The van der Waals surface area contributed by atoms with E-state index in [1.165, 1.54) is 12.1 Å². The maximum absolute atomic E-state index is 14.3. The summed E-state index contributed by atoms with van der Waals surface area (Å²) in [5, 5.41) is 11.4. The van der Waals surface area contributed by atoms with E-state index in [0.29, 0.717) is 11.1 Å². The number of rotatable bonds is 8. The lowest BCUT2D eigenvalue weighted by atomic mass is 9.79. The van der Waals surface area contributed by atoms with Gasteiger partial charge in [0.05, 0.1) is 11.5 Å². The molecule has 0 aromatic heterocycles. The number of carbonyl (C=O) groups excluding carboxylic acids is 1. The van der Waals surface area contributed by atoms with Crippen molar-refractivity contribution in [2.45, 2.75) is 36.9 Å². The minimum Gasteiger partial charge on any atom is -0.357 e. The summed E-state index contributed by atoms with van der Waals surface area (Å²) in [6.45, 7) is 3.40. The summed E-state index contributed by atoms with van der Waals surface area (Å²) in [7, 11) is 0. The maximum Gasteiger partial charge on any atom is 0.270 e. The number of benzene rings is 4. The molecule has 0 unspecified atom stereocenters. The van der Waals surface area contributed by atoms with Gasteiger partial charge < -0.3 is 14.2 Å². The third-order valence-electron chi connectivity index (χ3n) is 7.66. The molecular formula is C34H29NO6. The van der Waals surface area contributed by atoms with Crippen molar-refractivity contribution in [3.05, 3.63) is 154 Å². The van der Waals surface area contributed by atoms with Crippen molar-refractivity contribution in [3.63, 3.8) is 0 Å². The molecule has 6 rings (SSSR count). The Balaban J connectivity index is 1.46. The molecule has 1 aliphatic heterocycles. The van der Waals surface area contributed by atoms with E-state index in [2.05, 4.69) is 0 Å². The van der Waals surface area contributed by atoms with Gasteiger partial charge in [0.25, 0.3) is 5.69 Å². The largest absolute Gasteiger partial charge is 0.357 e. The Bertz CT molecular complexity index is 1520. The molecule has 206 valence electrons. The average Bonchev–Trinajstić information content (AvgIpc) is 3.41. The number of nitro benzene ring substituents is 1. The molecule has 0 saturated carbocycles. The molecule has 4 aromatic carbocycles. The molecule has 0 radical (unpaired) electrons. The third-order valence-corrected chi connectivity index (χ3v) is 7.66. The summed E-state index contributed by atoms with van der Waals surface area (Å²) in [4.78, 5) is 25.2. The Kier molecular flexibility index (Phi) is 6.66. The minimum absolute atomic E-state index is 0.100. The van der Waals surface area contributed by atoms with Crippen LogP contribution in [-0.4, -0.2) is 34.8 Å². The van der Waals surface area contributed by atoms with Crippen molar-refractivity contribution >= 4 is 17.0 Å². The second-order valence-corrected chi connectivity index (χ2v) is 10.7. The molecule has 1 aliphatic carbocycles. The van der Waals surface area contributed by atoms with Gasteiger partial charge in [-0.25, -0.2) is 0 Å². The number of hydrogen-bond donors (Lipinski definition) is 0. The van der Waals surface area contributed by atoms with Crippen LogP contribution in [0.4, 0.5) is 5.69 Å². The number of ether oxygens (including phenoxy) is 3. The Labute approximate surface area is 238 Å². The summed E-state index contributed by atoms with van der Waals surface area (Å²) >= 11 is 0. The Morgan fingerprint density at radius 3 is 1.88 bits per heavy atom. The third kappa shape index (κ3) is 4.58. The smallest absolute Gasteiger partial charge is 0.270 e. The van der Waals surface area contributed by atoms with Crippen LogP contribution in [0.5, 0.6) is 0 Å². The Morgan fingerprint density at radius 2 is 1.37 bits per heavy atom. The van der Waals surface area contributed by atoms with Gasteiger partial charge in [-0.2, -0.15) is 0 Å². The van der Waals surface area contributed by atoms with Crippen LogP contribution in [-0.2, 0) is 24.6 Å². The SMILES string of the molecule is CC1(C)O[C@H]2C=C(c3cccc([N+](=O)[O-])c3)C(=O)[C@@]2(COC(c2ccccc2)(c2ccccc2)c2ccccc2)O1. The van der Waals surface area contributed by atoms with E-state index in [0.717, 1.165) is 16.7 Å². The maximum atomic E-state index is 14.3. The summed E-state index contributed by atoms with van der Waals surface area (Å²) in [5.41, 5.74) is 0.742. The lowest BCUT2D eigenvalue weighted by Gasteiger charge is -2.39. The molecule has 7 heteroatoms. The van der Waals surface area contributed by atoms with E-state index >= 15 is 0 Å². The second kappa shape index (κ2) is 10.2. The van der Waals surface area contributed by atoms with Gasteiger partial charge in [0.2, 0.25) is 5.78 Å². The summed E-state index contributed by atoms with van der Waals surface area (Å²) < 4.78 is 19.7. The Hall–Kier alpha value is -4.43. The molecule has 0 N–H and O–H groups in total. The quantitative estimate of drug-likeness (QED) is 0.143. The highest BCUT2D eigenvalue weighted by Gasteiger charge is 2.62. The molecule has 0 spiro atoms. The lowest BCUT2D eigenvalue weighted by molar-refractivity contribution is -0.384. The van der Waals surface area contributed by atoms with Crippen molar-refractivity contribution < 1.29 is 23.9 Å². The summed E-state index contributed by atoms with van der Waals surface area (Å²) in [6.07, 6.45) is 0.952. The lowest BCUT2D eigenvalue weighted by Crippen LogP contribution is -2.50. The van der Waals surface area contributed by atoms with Gasteiger partial charge in [-0.1, -0.05) is 103 Å². The fourth-order valence-corrected chi connectivity index (χ4v) is 5.90. The number of nitrogens with zero attached hydrogens (tertiary/aromatic N) is 1. The first-order chi connectivity index (χ1) is 19.8. The molecule has 1 saturated heterocycles. The molecular weight excluding hydrogens is 518 g/mol. The second-order valence-electron chi connectivity index (χ2n) is 10.7. The highest BCUT2D eigenvalue weighted by Crippen LogP contribution is 2.49. The zero-order valence-electron chi connectivity index (χ0n) is 22.7. The van der Waals surface area contributed by atoms with Crippen LogP contribution in [0, 0.1) is 10.1 Å². The predicted molar refractivity (Wildman–Crippen MR) is 154 cm³/mol. The molecule has 1 fully saturated rings. The number of nitro groups is 1. The monoisotopic (exact) mass is 547 g/mol. The van der Waals surface area contributed by atoms with Gasteiger partial charge in [0.1, 0.15) is 11.7 Å². The molecule has 2 atom stereocenters. The molecule has 7 nitrogen and oxygen atoms in total. The fraction of sp³-hybridized carbons (Fsp3) is 0.206. The number of carbonyl (C=O) groups is 1. The molecule has 2 aliphatic rings. The van der Waals surface area contributed by atoms with E-state index in [-0.39, 0.29) is 18.1 Å². The Morgan fingerprint density at radius 1 is 0.829 bits per heavy atom. The topological polar surface area (TPSA) is 87.9 Å². The van der Waals surface area contributed by atoms with Gasteiger partial charge in [-0.3, -0.25) is 14.9 Å². The van der Waals surface area contributed by atoms with Crippen molar-refractivity contribution in [1.29, 1.82) is 0 Å². The van der Waals surface area contributed by atoms with E-state index in [1.807, 2.05) is 91.0 Å². The van der Waals surface area contributed by atoms with Crippen molar-refractivity contribution in [1.82, 2.24) is 0 Å². The molecule has 4 aromatic rings. The van der Waals surface area contributed by atoms with Crippen molar-refractivity contribution in [2.75, 3.05) is 6.61 Å². The van der Waals surface area contributed by atoms with Crippen LogP contribution in [0.2, 0.25) is 0 Å². The fourth-order valence-electron chi connectivity index (χ4n) is 5.90. The van der Waals surface area contributed by atoms with Crippen LogP contribution < -0.4 is 0 Å². The van der Waals surface area contributed by atoms with Crippen LogP contribution in [0.25, 0.3) is 5.57 Å².